The largest absolute Gasteiger partial charge is 0.0798 e. The van der Waals surface area contributed by atoms with Crippen LogP contribution in [0, 0.1) is 5.92 Å². The maximum atomic E-state index is 2.51. The van der Waals surface area contributed by atoms with Crippen molar-refractivity contribution in [1.29, 1.82) is 0 Å². The van der Waals surface area contributed by atoms with E-state index in [0.29, 0.717) is 11.8 Å². The Kier molecular flexibility index (Phi) is 6.40. The van der Waals surface area contributed by atoms with E-state index in [1.54, 1.807) is 0 Å². The molecule has 0 amide bonds. The zero-order valence-corrected chi connectivity index (χ0v) is 16.6. The molecule has 1 saturated carbocycles. The fourth-order valence-electron chi connectivity index (χ4n) is 4.68. The lowest BCUT2D eigenvalue weighted by Gasteiger charge is -2.29. The summed E-state index contributed by atoms with van der Waals surface area (Å²) < 4.78 is 0. The summed E-state index contributed by atoms with van der Waals surface area (Å²) in [6.07, 6.45) is 11.8. The van der Waals surface area contributed by atoms with Crippen LogP contribution < -0.4 is 0 Å². The smallest absolute Gasteiger partial charge is 0.0269 e. The van der Waals surface area contributed by atoms with E-state index in [1.807, 2.05) is 0 Å². The van der Waals surface area contributed by atoms with Gasteiger partial charge in [-0.3, -0.25) is 0 Å². The maximum Gasteiger partial charge on any atom is 0.0269 e. The molecule has 0 radical (unpaired) electrons. The van der Waals surface area contributed by atoms with E-state index in [9.17, 15) is 0 Å². The van der Waals surface area contributed by atoms with Crippen molar-refractivity contribution in [1.82, 2.24) is 0 Å². The lowest BCUT2D eigenvalue weighted by molar-refractivity contribution is 0.332. The van der Waals surface area contributed by atoms with Gasteiger partial charge in [0.1, 0.15) is 0 Å². The molecule has 3 aromatic rings. The Morgan fingerprint density at radius 1 is 0.536 bits per heavy atom. The molecular weight excluding hydrogens is 336 g/mol. The van der Waals surface area contributed by atoms with Crippen molar-refractivity contribution in [3.8, 4) is 0 Å². The summed E-state index contributed by atoms with van der Waals surface area (Å²) in [7, 11) is 0. The van der Waals surface area contributed by atoms with Crippen molar-refractivity contribution in [2.45, 2.75) is 43.9 Å². The molecule has 4 rings (SSSR count). The highest BCUT2D eigenvalue weighted by Gasteiger charge is 2.23. The predicted octanol–water partition coefficient (Wildman–Crippen LogP) is 7.74. The van der Waals surface area contributed by atoms with Crippen LogP contribution in [-0.2, 0) is 0 Å². The summed E-state index contributed by atoms with van der Waals surface area (Å²) in [5.74, 6) is 1.58. The summed E-state index contributed by atoms with van der Waals surface area (Å²) in [5, 5.41) is 0. The van der Waals surface area contributed by atoms with Gasteiger partial charge in [0.2, 0.25) is 0 Å². The van der Waals surface area contributed by atoms with E-state index < -0.39 is 0 Å². The summed E-state index contributed by atoms with van der Waals surface area (Å²) in [4.78, 5) is 0. The van der Waals surface area contributed by atoms with Crippen LogP contribution >= 0.6 is 0 Å². The molecule has 0 spiro atoms. The SMILES string of the molecule is C(=C\C(c1ccccc1)C1CCCCC1)/C(c1ccccc1)c1ccccc1. The lowest BCUT2D eigenvalue weighted by Crippen LogP contribution is -2.15. The molecule has 142 valence electrons. The van der Waals surface area contributed by atoms with Crippen molar-refractivity contribution in [3.05, 3.63) is 120 Å². The fourth-order valence-corrected chi connectivity index (χ4v) is 4.68. The van der Waals surface area contributed by atoms with Gasteiger partial charge in [0.15, 0.2) is 0 Å². The topological polar surface area (TPSA) is 0 Å². The zero-order valence-electron chi connectivity index (χ0n) is 16.6. The number of hydrogen-bond acceptors (Lipinski definition) is 0. The van der Waals surface area contributed by atoms with E-state index in [1.165, 1.54) is 48.8 Å². The minimum absolute atomic E-state index is 0.303. The van der Waals surface area contributed by atoms with Crippen LogP contribution in [0.2, 0.25) is 0 Å². The first-order valence-electron chi connectivity index (χ1n) is 10.7. The Labute approximate surface area is 169 Å². The molecule has 0 nitrogen and oxygen atoms in total. The molecule has 0 aromatic heterocycles. The third kappa shape index (κ3) is 4.62. The van der Waals surface area contributed by atoms with Crippen LogP contribution in [0.1, 0.15) is 60.6 Å². The van der Waals surface area contributed by atoms with Gasteiger partial charge in [0.25, 0.3) is 0 Å². The summed E-state index contributed by atoms with van der Waals surface area (Å²) in [6, 6.07) is 32.9. The number of hydrogen-bond donors (Lipinski definition) is 0. The van der Waals surface area contributed by atoms with Crippen LogP contribution in [0.3, 0.4) is 0 Å². The lowest BCUT2D eigenvalue weighted by atomic mass is 9.76. The molecule has 1 aliphatic rings. The van der Waals surface area contributed by atoms with Crippen molar-refractivity contribution >= 4 is 0 Å². The quantitative estimate of drug-likeness (QED) is 0.391. The molecule has 0 bridgehead atoms. The second kappa shape index (κ2) is 9.55. The molecular formula is C28H30. The summed E-state index contributed by atoms with van der Waals surface area (Å²) in [6.45, 7) is 0. The first kappa shape index (κ1) is 18.7. The molecule has 28 heavy (non-hydrogen) atoms. The number of allylic oxidation sites excluding steroid dienone is 2. The van der Waals surface area contributed by atoms with E-state index in [-0.39, 0.29) is 0 Å². The third-order valence-corrected chi connectivity index (χ3v) is 6.17. The van der Waals surface area contributed by atoms with Gasteiger partial charge in [0.05, 0.1) is 0 Å². The molecule has 0 N–H and O–H groups in total. The fraction of sp³-hybridized carbons (Fsp3) is 0.286. The van der Waals surface area contributed by atoms with Gasteiger partial charge in [-0.1, -0.05) is 122 Å². The third-order valence-electron chi connectivity index (χ3n) is 6.17. The van der Waals surface area contributed by atoms with Gasteiger partial charge >= 0.3 is 0 Å². The average Bonchev–Trinajstić information content (AvgIpc) is 2.79. The van der Waals surface area contributed by atoms with Crippen molar-refractivity contribution < 1.29 is 0 Å². The standard InChI is InChI=1S/C28H30/c1-5-13-23(14-6-1)27(24-15-7-2-8-16-24)21-22-28(25-17-9-3-10-18-25)26-19-11-4-12-20-26/h1-3,5-10,13-18,21-22,26-28H,4,11-12,19-20H2/b22-21+. The summed E-state index contributed by atoms with van der Waals surface area (Å²) in [5.41, 5.74) is 4.19. The highest BCUT2D eigenvalue weighted by atomic mass is 14.3. The molecule has 1 fully saturated rings. The molecule has 0 saturated heterocycles. The van der Waals surface area contributed by atoms with E-state index in [2.05, 4.69) is 103 Å². The van der Waals surface area contributed by atoms with Gasteiger partial charge < -0.3 is 0 Å². The van der Waals surface area contributed by atoms with Crippen molar-refractivity contribution in [3.63, 3.8) is 0 Å². The maximum absolute atomic E-state index is 2.51. The molecule has 1 aliphatic carbocycles. The molecule has 0 aliphatic heterocycles. The Morgan fingerprint density at radius 2 is 1.00 bits per heavy atom. The minimum atomic E-state index is 0.303. The van der Waals surface area contributed by atoms with Gasteiger partial charge in [-0.2, -0.15) is 0 Å². The highest BCUT2D eigenvalue weighted by molar-refractivity contribution is 5.38. The Morgan fingerprint density at radius 3 is 1.50 bits per heavy atom. The first-order chi connectivity index (χ1) is 13.9. The van der Waals surface area contributed by atoms with E-state index >= 15 is 0 Å². The molecule has 1 atom stereocenters. The second-order valence-corrected chi connectivity index (χ2v) is 8.02. The second-order valence-electron chi connectivity index (χ2n) is 8.02. The van der Waals surface area contributed by atoms with Crippen LogP contribution in [0.15, 0.2) is 103 Å². The first-order valence-corrected chi connectivity index (χ1v) is 10.7. The van der Waals surface area contributed by atoms with Crippen molar-refractivity contribution in [2.75, 3.05) is 0 Å². The molecule has 0 heteroatoms. The normalized spacial score (nSPS) is 16.5. The van der Waals surface area contributed by atoms with Gasteiger partial charge in [-0.05, 0) is 35.4 Å². The van der Waals surface area contributed by atoms with Crippen LogP contribution in [0.25, 0.3) is 0 Å². The Balaban J connectivity index is 1.68. The Hall–Kier alpha value is -2.60. The predicted molar refractivity (Wildman–Crippen MR) is 120 cm³/mol. The van der Waals surface area contributed by atoms with Crippen LogP contribution in [0.5, 0.6) is 0 Å². The minimum Gasteiger partial charge on any atom is -0.0798 e. The summed E-state index contributed by atoms with van der Waals surface area (Å²) >= 11 is 0. The molecule has 3 aromatic carbocycles. The molecule has 0 heterocycles. The average molecular weight is 367 g/mol. The Bertz CT molecular complexity index is 803. The molecule has 1 unspecified atom stereocenters. The number of benzene rings is 3. The van der Waals surface area contributed by atoms with Crippen molar-refractivity contribution in [2.24, 2.45) is 5.92 Å². The highest BCUT2D eigenvalue weighted by Crippen LogP contribution is 2.38. The van der Waals surface area contributed by atoms with Gasteiger partial charge in [0, 0.05) is 11.8 Å². The van der Waals surface area contributed by atoms with E-state index in [0.717, 1.165) is 5.92 Å². The van der Waals surface area contributed by atoms with E-state index in [4.69, 9.17) is 0 Å². The number of rotatable bonds is 6. The monoisotopic (exact) mass is 366 g/mol. The van der Waals surface area contributed by atoms with Crippen LogP contribution in [0.4, 0.5) is 0 Å². The van der Waals surface area contributed by atoms with Gasteiger partial charge in [-0.25, -0.2) is 0 Å². The van der Waals surface area contributed by atoms with Crippen LogP contribution in [-0.4, -0.2) is 0 Å². The zero-order chi connectivity index (χ0) is 19.0. The van der Waals surface area contributed by atoms with Gasteiger partial charge in [-0.15, -0.1) is 0 Å².